The number of hydrogen-bond acceptors (Lipinski definition) is 2. The molecule has 0 radical (unpaired) electrons. The summed E-state index contributed by atoms with van der Waals surface area (Å²) in [6.45, 7) is 7.84. The van der Waals surface area contributed by atoms with Gasteiger partial charge in [-0.1, -0.05) is 48.9 Å². The van der Waals surface area contributed by atoms with Crippen molar-refractivity contribution in [3.63, 3.8) is 0 Å². The highest BCUT2D eigenvalue weighted by Gasteiger charge is 2.17. The van der Waals surface area contributed by atoms with Crippen LogP contribution in [0.4, 0.5) is 5.69 Å². The third-order valence-electron chi connectivity index (χ3n) is 4.07. The van der Waals surface area contributed by atoms with Gasteiger partial charge in [0.15, 0.2) is 0 Å². The van der Waals surface area contributed by atoms with Gasteiger partial charge in [-0.2, -0.15) is 0 Å². The summed E-state index contributed by atoms with van der Waals surface area (Å²) in [6.07, 6.45) is 0.972. The van der Waals surface area contributed by atoms with Crippen LogP contribution >= 0.6 is 0 Å². The van der Waals surface area contributed by atoms with Gasteiger partial charge < -0.3 is 10.6 Å². The van der Waals surface area contributed by atoms with Gasteiger partial charge in [-0.3, -0.25) is 9.59 Å². The molecule has 4 heteroatoms. The number of amides is 2. The molecule has 0 spiro atoms. The van der Waals surface area contributed by atoms with Crippen molar-refractivity contribution in [2.45, 2.75) is 40.2 Å². The van der Waals surface area contributed by atoms with E-state index in [0.29, 0.717) is 5.69 Å². The second kappa shape index (κ2) is 7.77. The Morgan fingerprint density at radius 3 is 2.25 bits per heavy atom. The summed E-state index contributed by atoms with van der Waals surface area (Å²) >= 11 is 0. The highest BCUT2D eigenvalue weighted by molar-refractivity contribution is 6.39. The average Bonchev–Trinajstić information content (AvgIpc) is 2.57. The maximum atomic E-state index is 12.1. The van der Waals surface area contributed by atoms with E-state index in [9.17, 15) is 9.59 Å². The predicted molar refractivity (Wildman–Crippen MR) is 96.9 cm³/mol. The fourth-order valence-electron chi connectivity index (χ4n) is 2.52. The molecule has 2 rings (SSSR count). The highest BCUT2D eigenvalue weighted by atomic mass is 16.2. The second-order valence-corrected chi connectivity index (χ2v) is 6.06. The van der Waals surface area contributed by atoms with E-state index < -0.39 is 11.8 Å². The van der Waals surface area contributed by atoms with E-state index in [1.807, 2.05) is 63.2 Å². The summed E-state index contributed by atoms with van der Waals surface area (Å²) in [7, 11) is 0. The van der Waals surface area contributed by atoms with Gasteiger partial charge in [-0.15, -0.1) is 0 Å². The molecule has 1 unspecified atom stereocenters. The zero-order valence-electron chi connectivity index (χ0n) is 14.6. The zero-order chi connectivity index (χ0) is 17.7. The lowest BCUT2D eigenvalue weighted by Gasteiger charge is -2.15. The highest BCUT2D eigenvalue weighted by Crippen LogP contribution is 2.16. The Kier molecular flexibility index (Phi) is 5.74. The summed E-state index contributed by atoms with van der Waals surface area (Å²) in [5.74, 6) is -1.29. The number of carbonyl (C=O) groups excluding carboxylic acids is 2. The Hall–Kier alpha value is -2.62. The Balaban J connectivity index is 1.98. The van der Waals surface area contributed by atoms with Crippen LogP contribution in [0.25, 0.3) is 0 Å². The largest absolute Gasteiger partial charge is 0.341 e. The summed E-state index contributed by atoms with van der Waals surface area (Å²) in [5.41, 5.74) is 4.91. The van der Waals surface area contributed by atoms with Gasteiger partial charge in [-0.05, 0) is 49.9 Å². The van der Waals surface area contributed by atoms with Gasteiger partial charge >= 0.3 is 11.8 Å². The monoisotopic (exact) mass is 324 g/mol. The molecule has 2 aromatic rings. The lowest BCUT2D eigenvalue weighted by molar-refractivity contribution is -0.136. The van der Waals surface area contributed by atoms with Gasteiger partial charge in [0.1, 0.15) is 0 Å². The molecular formula is C20H24N2O2. The van der Waals surface area contributed by atoms with Crippen LogP contribution in [0.1, 0.15) is 42.1 Å². The van der Waals surface area contributed by atoms with Crippen molar-refractivity contribution >= 4 is 17.5 Å². The average molecular weight is 324 g/mol. The number of anilines is 1. The van der Waals surface area contributed by atoms with Gasteiger partial charge in [-0.25, -0.2) is 0 Å². The third kappa shape index (κ3) is 4.44. The number of aryl methyl sites for hydroxylation is 3. The van der Waals surface area contributed by atoms with Crippen molar-refractivity contribution < 1.29 is 9.59 Å². The summed E-state index contributed by atoms with van der Waals surface area (Å²) in [5, 5.41) is 5.39. The van der Waals surface area contributed by atoms with E-state index in [1.54, 1.807) is 0 Å². The van der Waals surface area contributed by atoms with Gasteiger partial charge in [0.25, 0.3) is 0 Å². The first kappa shape index (κ1) is 17.7. The number of rotatable bonds is 4. The van der Waals surface area contributed by atoms with Crippen molar-refractivity contribution in [1.29, 1.82) is 0 Å². The van der Waals surface area contributed by atoms with E-state index in [-0.39, 0.29) is 6.04 Å². The topological polar surface area (TPSA) is 58.2 Å². The van der Waals surface area contributed by atoms with Gasteiger partial charge in [0, 0.05) is 5.69 Å². The first-order valence-electron chi connectivity index (χ1n) is 8.18. The SMILES string of the molecule is CCc1ccc(C(C)NC(=O)C(=O)Nc2ccc(C)cc2C)cc1. The molecule has 0 bridgehead atoms. The zero-order valence-corrected chi connectivity index (χ0v) is 14.6. The smallest absolute Gasteiger partial charge is 0.313 e. The second-order valence-electron chi connectivity index (χ2n) is 6.06. The molecule has 0 fully saturated rings. The summed E-state index contributed by atoms with van der Waals surface area (Å²) in [6, 6.07) is 13.5. The number of benzene rings is 2. The molecule has 24 heavy (non-hydrogen) atoms. The van der Waals surface area contributed by atoms with E-state index >= 15 is 0 Å². The molecule has 0 aliphatic heterocycles. The van der Waals surface area contributed by atoms with Crippen LogP contribution in [-0.4, -0.2) is 11.8 Å². The first-order valence-corrected chi connectivity index (χ1v) is 8.18. The Bertz CT molecular complexity index is 736. The molecule has 0 aromatic heterocycles. The summed E-state index contributed by atoms with van der Waals surface area (Å²) in [4.78, 5) is 24.2. The molecule has 2 aromatic carbocycles. The molecule has 0 saturated heterocycles. The van der Waals surface area contributed by atoms with Crippen LogP contribution in [0.2, 0.25) is 0 Å². The van der Waals surface area contributed by atoms with Crippen LogP contribution in [-0.2, 0) is 16.0 Å². The van der Waals surface area contributed by atoms with E-state index in [1.165, 1.54) is 5.56 Å². The first-order chi connectivity index (χ1) is 11.4. The fraction of sp³-hybridized carbons (Fsp3) is 0.300. The standard InChI is InChI=1S/C20H24N2O2/c1-5-16-7-9-17(10-8-16)15(4)21-19(23)20(24)22-18-11-6-13(2)12-14(18)3/h6-12,15H,5H2,1-4H3,(H,21,23)(H,22,24). The van der Waals surface area contributed by atoms with E-state index in [4.69, 9.17) is 0 Å². The van der Waals surface area contributed by atoms with Gasteiger partial charge in [0.2, 0.25) is 0 Å². The van der Waals surface area contributed by atoms with Crippen LogP contribution < -0.4 is 10.6 Å². The fourth-order valence-corrected chi connectivity index (χ4v) is 2.52. The quantitative estimate of drug-likeness (QED) is 0.843. The molecule has 1 atom stereocenters. The van der Waals surface area contributed by atoms with Crippen molar-refractivity contribution in [1.82, 2.24) is 5.32 Å². The molecule has 0 aliphatic rings. The molecule has 0 aliphatic carbocycles. The van der Waals surface area contributed by atoms with E-state index in [2.05, 4.69) is 17.6 Å². The third-order valence-corrected chi connectivity index (χ3v) is 4.07. The minimum absolute atomic E-state index is 0.228. The number of carbonyl (C=O) groups is 2. The molecule has 0 saturated carbocycles. The lowest BCUT2D eigenvalue weighted by atomic mass is 10.0. The van der Waals surface area contributed by atoms with Crippen molar-refractivity contribution in [3.05, 3.63) is 64.7 Å². The molecule has 126 valence electrons. The molecule has 4 nitrogen and oxygen atoms in total. The van der Waals surface area contributed by atoms with Crippen molar-refractivity contribution in [2.75, 3.05) is 5.32 Å². The summed E-state index contributed by atoms with van der Waals surface area (Å²) < 4.78 is 0. The van der Waals surface area contributed by atoms with E-state index in [0.717, 1.165) is 23.1 Å². The molecule has 2 N–H and O–H groups in total. The Morgan fingerprint density at radius 1 is 1.00 bits per heavy atom. The molecule has 2 amide bonds. The van der Waals surface area contributed by atoms with Gasteiger partial charge in [0.05, 0.1) is 6.04 Å². The van der Waals surface area contributed by atoms with Crippen molar-refractivity contribution in [2.24, 2.45) is 0 Å². The Labute approximate surface area is 143 Å². The molecular weight excluding hydrogens is 300 g/mol. The van der Waals surface area contributed by atoms with Crippen molar-refractivity contribution in [3.8, 4) is 0 Å². The predicted octanol–water partition coefficient (Wildman–Crippen LogP) is 3.68. The minimum atomic E-state index is -0.654. The maximum Gasteiger partial charge on any atom is 0.313 e. The van der Waals surface area contributed by atoms with Crippen LogP contribution in [0, 0.1) is 13.8 Å². The normalized spacial score (nSPS) is 11.7. The Morgan fingerprint density at radius 2 is 1.67 bits per heavy atom. The lowest BCUT2D eigenvalue weighted by Crippen LogP contribution is -2.37. The van der Waals surface area contributed by atoms with Crippen LogP contribution in [0.15, 0.2) is 42.5 Å². The number of nitrogens with one attached hydrogen (secondary N) is 2. The van der Waals surface area contributed by atoms with Crippen LogP contribution in [0.3, 0.4) is 0 Å². The molecule has 0 heterocycles. The number of hydrogen-bond donors (Lipinski definition) is 2. The minimum Gasteiger partial charge on any atom is -0.341 e. The maximum absolute atomic E-state index is 12.1. The van der Waals surface area contributed by atoms with Crippen LogP contribution in [0.5, 0.6) is 0 Å².